The number of hydrogen-bond donors (Lipinski definition) is 2. The Morgan fingerprint density at radius 2 is 2.03 bits per heavy atom. The maximum Gasteiger partial charge on any atom is 0.275 e. The van der Waals surface area contributed by atoms with Crippen molar-refractivity contribution in [2.75, 3.05) is 6.61 Å². The van der Waals surface area contributed by atoms with Crippen LogP contribution in [0.25, 0.3) is 0 Å². The number of hydrogen-bond acceptors (Lipinski definition) is 5. The van der Waals surface area contributed by atoms with E-state index in [0.717, 1.165) is 42.6 Å². The highest BCUT2D eigenvalue weighted by Gasteiger charge is 2.40. The van der Waals surface area contributed by atoms with Gasteiger partial charge in [0.15, 0.2) is 5.90 Å². The van der Waals surface area contributed by atoms with Gasteiger partial charge in [-0.1, -0.05) is 56.7 Å². The molecule has 0 saturated heterocycles. The van der Waals surface area contributed by atoms with Crippen LogP contribution in [0.4, 0.5) is 0 Å². The van der Waals surface area contributed by atoms with Crippen molar-refractivity contribution in [3.63, 3.8) is 0 Å². The normalized spacial score (nSPS) is 26.1. The fourth-order valence-electron chi connectivity index (χ4n) is 4.65. The summed E-state index contributed by atoms with van der Waals surface area (Å²) in [5.74, 6) is 1.34. The molecule has 0 bridgehead atoms. The lowest BCUT2D eigenvalue weighted by molar-refractivity contribution is 0.0629. The summed E-state index contributed by atoms with van der Waals surface area (Å²) in [6.07, 6.45) is 11.2. The number of nitrogens with one attached hydrogen (secondary N) is 1. The summed E-state index contributed by atoms with van der Waals surface area (Å²) in [7, 11) is -4.12. The van der Waals surface area contributed by atoms with Gasteiger partial charge in [-0.05, 0) is 43.4 Å². The summed E-state index contributed by atoms with van der Waals surface area (Å²) < 4.78 is 44.0. The maximum atomic E-state index is 11.5. The molecule has 2 unspecified atom stereocenters. The second-order valence-electron chi connectivity index (χ2n) is 8.63. The highest BCUT2D eigenvalue weighted by Crippen LogP contribution is 2.43. The van der Waals surface area contributed by atoms with Crippen LogP contribution < -0.4 is 4.74 Å². The van der Waals surface area contributed by atoms with Gasteiger partial charge in [0.25, 0.3) is 10.1 Å². The summed E-state index contributed by atoms with van der Waals surface area (Å²) in [5.41, 5.74) is 1.86. The summed E-state index contributed by atoms with van der Waals surface area (Å²) >= 11 is 0. The number of rotatable bonds is 8. The SMILES string of the molecule is CCCC(C1CCc2cc(CC(=N)OCC)ccc2O1)C1(C)C=CC(S(=O)(=O)O)C=C1. The van der Waals surface area contributed by atoms with Crippen LogP contribution in [0, 0.1) is 16.7 Å². The van der Waals surface area contributed by atoms with Crippen LogP contribution in [0.5, 0.6) is 5.75 Å². The van der Waals surface area contributed by atoms with Gasteiger partial charge in [0.05, 0.1) is 6.61 Å². The highest BCUT2D eigenvalue weighted by atomic mass is 32.2. The monoisotopic (exact) mass is 447 g/mol. The van der Waals surface area contributed by atoms with E-state index >= 15 is 0 Å². The lowest BCUT2D eigenvalue weighted by atomic mass is 9.68. The lowest BCUT2D eigenvalue weighted by Gasteiger charge is -2.42. The number of ether oxygens (including phenoxy) is 2. The minimum atomic E-state index is -4.12. The number of aryl methyl sites for hydroxylation is 1. The average molecular weight is 448 g/mol. The molecule has 1 aliphatic heterocycles. The molecule has 7 heteroatoms. The Balaban J connectivity index is 1.76. The van der Waals surface area contributed by atoms with E-state index in [1.54, 1.807) is 12.2 Å². The van der Waals surface area contributed by atoms with Crippen LogP contribution in [0.1, 0.15) is 51.2 Å². The molecule has 170 valence electrons. The van der Waals surface area contributed by atoms with Crippen LogP contribution in [0.3, 0.4) is 0 Å². The summed E-state index contributed by atoms with van der Waals surface area (Å²) in [6.45, 7) is 6.62. The summed E-state index contributed by atoms with van der Waals surface area (Å²) in [4.78, 5) is 0. The first-order valence-electron chi connectivity index (χ1n) is 11.0. The zero-order chi connectivity index (χ0) is 22.6. The van der Waals surface area contributed by atoms with Crippen molar-refractivity contribution >= 4 is 16.0 Å². The van der Waals surface area contributed by atoms with Gasteiger partial charge in [0.2, 0.25) is 0 Å². The van der Waals surface area contributed by atoms with E-state index in [1.807, 2.05) is 31.2 Å². The van der Waals surface area contributed by atoms with Gasteiger partial charge in [0, 0.05) is 17.8 Å². The molecule has 1 heterocycles. The van der Waals surface area contributed by atoms with Crippen LogP contribution >= 0.6 is 0 Å². The lowest BCUT2D eigenvalue weighted by Crippen LogP contribution is -2.40. The number of fused-ring (bicyclic) bond motifs is 1. The van der Waals surface area contributed by atoms with Crippen molar-refractivity contribution in [3.8, 4) is 5.75 Å². The van der Waals surface area contributed by atoms with Gasteiger partial charge in [-0.2, -0.15) is 8.42 Å². The molecule has 0 amide bonds. The van der Waals surface area contributed by atoms with E-state index in [2.05, 4.69) is 19.9 Å². The van der Waals surface area contributed by atoms with Crippen LogP contribution in [-0.2, 0) is 27.7 Å². The van der Waals surface area contributed by atoms with Gasteiger partial charge >= 0.3 is 0 Å². The van der Waals surface area contributed by atoms with E-state index < -0.39 is 15.4 Å². The average Bonchev–Trinajstić information content (AvgIpc) is 2.71. The first-order valence-corrected chi connectivity index (χ1v) is 12.5. The van der Waals surface area contributed by atoms with Crippen molar-refractivity contribution in [1.29, 1.82) is 5.41 Å². The first kappa shape index (κ1) is 23.5. The van der Waals surface area contributed by atoms with Crippen molar-refractivity contribution in [2.45, 2.75) is 64.2 Å². The van der Waals surface area contributed by atoms with Gasteiger partial charge in [-0.15, -0.1) is 0 Å². The minimum Gasteiger partial charge on any atom is -0.490 e. The predicted molar refractivity (Wildman–Crippen MR) is 122 cm³/mol. The molecule has 2 atom stereocenters. The second kappa shape index (κ2) is 9.57. The molecule has 3 rings (SSSR count). The molecule has 2 N–H and O–H groups in total. The molecule has 1 aromatic carbocycles. The second-order valence-corrected chi connectivity index (χ2v) is 10.2. The Morgan fingerprint density at radius 1 is 1.32 bits per heavy atom. The molecule has 0 radical (unpaired) electrons. The molecule has 0 fully saturated rings. The third-order valence-electron chi connectivity index (χ3n) is 6.27. The quantitative estimate of drug-likeness (QED) is 0.260. The van der Waals surface area contributed by atoms with Gasteiger partial charge in [0.1, 0.15) is 17.1 Å². The Labute approximate surface area is 185 Å². The van der Waals surface area contributed by atoms with Gasteiger partial charge in [-0.3, -0.25) is 9.96 Å². The third-order valence-corrected chi connectivity index (χ3v) is 7.27. The molecular weight excluding hydrogens is 414 g/mol. The zero-order valence-electron chi connectivity index (χ0n) is 18.5. The fraction of sp³-hybridized carbons (Fsp3) is 0.542. The van der Waals surface area contributed by atoms with E-state index in [1.165, 1.54) is 0 Å². The number of allylic oxidation sites excluding steroid dienone is 2. The van der Waals surface area contributed by atoms with E-state index in [9.17, 15) is 13.0 Å². The van der Waals surface area contributed by atoms with E-state index in [0.29, 0.717) is 13.0 Å². The van der Waals surface area contributed by atoms with Crippen molar-refractivity contribution < 1.29 is 22.4 Å². The topological polar surface area (TPSA) is 96.7 Å². The molecule has 1 aliphatic carbocycles. The van der Waals surface area contributed by atoms with Crippen LogP contribution in [0.15, 0.2) is 42.5 Å². The summed E-state index contributed by atoms with van der Waals surface area (Å²) in [6, 6.07) is 6.08. The molecule has 0 spiro atoms. The highest BCUT2D eigenvalue weighted by molar-refractivity contribution is 7.86. The molecular formula is C24H33NO5S. The Morgan fingerprint density at radius 3 is 2.65 bits per heavy atom. The van der Waals surface area contributed by atoms with Crippen LogP contribution in [0.2, 0.25) is 0 Å². The summed E-state index contributed by atoms with van der Waals surface area (Å²) in [5, 5.41) is 6.89. The fourth-order valence-corrected chi connectivity index (χ4v) is 5.20. The molecule has 0 saturated carbocycles. The zero-order valence-corrected chi connectivity index (χ0v) is 19.3. The van der Waals surface area contributed by atoms with E-state index in [4.69, 9.17) is 14.9 Å². The van der Waals surface area contributed by atoms with Crippen molar-refractivity contribution in [2.24, 2.45) is 11.3 Å². The molecule has 1 aromatic rings. The Bertz CT molecular complexity index is 952. The smallest absolute Gasteiger partial charge is 0.275 e. The van der Waals surface area contributed by atoms with Crippen LogP contribution in [-0.4, -0.2) is 36.8 Å². The van der Waals surface area contributed by atoms with Crippen molar-refractivity contribution in [3.05, 3.63) is 53.6 Å². The van der Waals surface area contributed by atoms with E-state index in [-0.39, 0.29) is 23.3 Å². The first-order chi connectivity index (χ1) is 14.7. The number of benzene rings is 1. The predicted octanol–water partition coefficient (Wildman–Crippen LogP) is 4.74. The van der Waals surface area contributed by atoms with Crippen molar-refractivity contribution in [1.82, 2.24) is 0 Å². The standard InChI is InChI=1S/C24H33NO5S/c1-4-6-20(24(3)13-11-19(12-14-24)31(26,27)28)22-10-8-18-15-17(7-9-21(18)30-22)16-23(25)29-5-2/h7,9,11-15,19-20,22,25H,4-6,8,10,16H2,1-3H3,(H,26,27,28). The third kappa shape index (κ3) is 5.57. The van der Waals surface area contributed by atoms with Gasteiger partial charge in [-0.25, -0.2) is 0 Å². The largest absolute Gasteiger partial charge is 0.490 e. The molecule has 31 heavy (non-hydrogen) atoms. The molecule has 2 aliphatic rings. The molecule has 6 nitrogen and oxygen atoms in total. The Kier molecular flexibility index (Phi) is 7.27. The maximum absolute atomic E-state index is 11.5. The Hall–Kier alpha value is -2.12. The minimum absolute atomic E-state index is 0.0154. The van der Waals surface area contributed by atoms with Gasteiger partial charge < -0.3 is 9.47 Å². The molecule has 0 aromatic heterocycles.